The maximum absolute atomic E-state index is 13.4. The maximum Gasteiger partial charge on any atom is 0.266 e. The molecule has 1 N–H and O–H groups in total. The molecular weight excluding hydrogens is 386 g/mol. The number of alkyl halides is 2. The standard InChI is InChI=1S/C24H34F2N2O2/c1-23-8-6-17-16-7-9-24(30,22(25)26)12-15(16)2-3-18(17)19(23)4-5-20(23)21(29)13-28-11-10-27-14-28/h10-11,14-20,22,30H,2-9,12-13H2,1H3/t15-,16+,17-,18?,19+,20-,23?,24-/m1/s1. The monoisotopic (exact) mass is 420 g/mol. The largest absolute Gasteiger partial charge is 0.384 e. The number of hydrogen-bond acceptors (Lipinski definition) is 3. The minimum Gasteiger partial charge on any atom is -0.384 e. The predicted octanol–water partition coefficient (Wildman–Crippen LogP) is 4.72. The first kappa shape index (κ1) is 20.6. The first-order valence-electron chi connectivity index (χ1n) is 11.8. The maximum atomic E-state index is 13.4. The molecule has 1 aromatic heterocycles. The number of nitrogens with zero attached hydrogens (tertiary/aromatic N) is 2. The molecule has 5 rings (SSSR count). The SMILES string of the molecule is CC12CC[C@H]3C(CC[C@@H]4C[C@@](O)(C(F)F)CC[C@@H]43)[C@@H]1CC[C@@H]2C(=O)Cn1ccnc1. The Kier molecular flexibility index (Phi) is 5.07. The molecule has 8 atom stereocenters. The van der Waals surface area contributed by atoms with Gasteiger partial charge in [0.15, 0.2) is 5.78 Å². The molecule has 4 nitrogen and oxygen atoms in total. The van der Waals surface area contributed by atoms with Crippen LogP contribution in [0, 0.1) is 40.9 Å². The van der Waals surface area contributed by atoms with Crippen LogP contribution >= 0.6 is 0 Å². The van der Waals surface area contributed by atoms with E-state index in [9.17, 15) is 18.7 Å². The molecule has 0 saturated heterocycles. The molecule has 30 heavy (non-hydrogen) atoms. The van der Waals surface area contributed by atoms with Crippen molar-refractivity contribution in [3.63, 3.8) is 0 Å². The molecule has 0 amide bonds. The van der Waals surface area contributed by atoms with Crippen LogP contribution in [0.4, 0.5) is 8.78 Å². The van der Waals surface area contributed by atoms with Gasteiger partial charge in [-0.3, -0.25) is 4.79 Å². The van der Waals surface area contributed by atoms with Gasteiger partial charge >= 0.3 is 0 Å². The van der Waals surface area contributed by atoms with E-state index in [4.69, 9.17) is 0 Å². The van der Waals surface area contributed by atoms with Gasteiger partial charge in [-0.05, 0) is 92.8 Å². The zero-order valence-corrected chi connectivity index (χ0v) is 17.9. The Hall–Kier alpha value is -1.30. The lowest BCUT2D eigenvalue weighted by Gasteiger charge is -2.57. The summed E-state index contributed by atoms with van der Waals surface area (Å²) in [5.41, 5.74) is -1.70. The smallest absolute Gasteiger partial charge is 0.266 e. The lowest BCUT2D eigenvalue weighted by atomic mass is 9.49. The molecule has 0 radical (unpaired) electrons. The van der Waals surface area contributed by atoms with Crippen molar-refractivity contribution in [2.45, 2.75) is 83.3 Å². The number of carbonyl (C=O) groups is 1. The number of fused-ring (bicyclic) bond motifs is 5. The number of halogens is 2. The quantitative estimate of drug-likeness (QED) is 0.767. The van der Waals surface area contributed by atoms with E-state index in [2.05, 4.69) is 11.9 Å². The van der Waals surface area contributed by atoms with E-state index in [1.54, 1.807) is 12.5 Å². The number of ketones is 1. The van der Waals surface area contributed by atoms with Gasteiger partial charge in [0.2, 0.25) is 0 Å². The molecule has 4 fully saturated rings. The van der Waals surface area contributed by atoms with Gasteiger partial charge in [0.25, 0.3) is 6.43 Å². The fraction of sp³-hybridized carbons (Fsp3) is 0.833. The summed E-state index contributed by atoms with van der Waals surface area (Å²) < 4.78 is 28.7. The number of rotatable bonds is 4. The highest BCUT2D eigenvalue weighted by Crippen LogP contribution is 2.64. The molecule has 4 aliphatic carbocycles. The van der Waals surface area contributed by atoms with Crippen molar-refractivity contribution in [2.75, 3.05) is 0 Å². The van der Waals surface area contributed by atoms with Gasteiger partial charge in [0.1, 0.15) is 5.60 Å². The number of aliphatic hydroxyl groups is 1. The Labute approximate surface area is 177 Å². The molecule has 6 heteroatoms. The molecule has 2 unspecified atom stereocenters. The van der Waals surface area contributed by atoms with Crippen molar-refractivity contribution in [1.82, 2.24) is 9.55 Å². The Morgan fingerprint density at radius 1 is 1.13 bits per heavy atom. The minimum atomic E-state index is -2.64. The Morgan fingerprint density at radius 2 is 1.93 bits per heavy atom. The Bertz CT molecular complexity index is 784. The lowest BCUT2D eigenvalue weighted by molar-refractivity contribution is -0.160. The van der Waals surface area contributed by atoms with Crippen molar-refractivity contribution < 1.29 is 18.7 Å². The van der Waals surface area contributed by atoms with Crippen LogP contribution in [0.1, 0.15) is 64.7 Å². The first-order valence-corrected chi connectivity index (χ1v) is 11.8. The van der Waals surface area contributed by atoms with Gasteiger partial charge in [0.05, 0.1) is 12.9 Å². The summed E-state index contributed by atoms with van der Waals surface area (Å²) >= 11 is 0. The molecule has 0 aliphatic heterocycles. The number of carbonyl (C=O) groups excluding carboxylic acids is 1. The average Bonchev–Trinajstić information content (AvgIpc) is 3.34. The van der Waals surface area contributed by atoms with E-state index in [0.717, 1.165) is 44.9 Å². The molecule has 1 heterocycles. The van der Waals surface area contributed by atoms with Crippen LogP contribution in [0.3, 0.4) is 0 Å². The molecule has 4 aliphatic rings. The van der Waals surface area contributed by atoms with Crippen LogP contribution < -0.4 is 0 Å². The van der Waals surface area contributed by atoms with E-state index >= 15 is 0 Å². The number of Topliss-reactive ketones (excluding diaryl/α,β-unsaturated/α-hetero) is 1. The van der Waals surface area contributed by atoms with E-state index in [-0.39, 0.29) is 30.1 Å². The van der Waals surface area contributed by atoms with E-state index < -0.39 is 12.0 Å². The van der Waals surface area contributed by atoms with Gasteiger partial charge in [0, 0.05) is 18.3 Å². The van der Waals surface area contributed by atoms with Gasteiger partial charge in [-0.25, -0.2) is 13.8 Å². The van der Waals surface area contributed by atoms with Crippen LogP contribution in [0.15, 0.2) is 18.7 Å². The zero-order chi connectivity index (χ0) is 21.1. The number of aromatic nitrogens is 2. The highest BCUT2D eigenvalue weighted by atomic mass is 19.3. The molecule has 4 saturated carbocycles. The van der Waals surface area contributed by atoms with Crippen molar-refractivity contribution in [2.24, 2.45) is 40.9 Å². The number of imidazole rings is 1. The third-order valence-corrected chi connectivity index (χ3v) is 9.74. The van der Waals surface area contributed by atoms with Crippen LogP contribution in [0.2, 0.25) is 0 Å². The zero-order valence-electron chi connectivity index (χ0n) is 17.9. The molecule has 0 spiro atoms. The van der Waals surface area contributed by atoms with Crippen LogP contribution in [-0.2, 0) is 11.3 Å². The summed E-state index contributed by atoms with van der Waals surface area (Å²) in [6, 6.07) is 0. The van der Waals surface area contributed by atoms with Crippen molar-refractivity contribution >= 4 is 5.78 Å². The lowest BCUT2D eigenvalue weighted by Crippen LogP contribution is -2.53. The normalized spacial score (nSPS) is 45.6. The third-order valence-electron chi connectivity index (χ3n) is 9.74. The van der Waals surface area contributed by atoms with Crippen LogP contribution in [0.25, 0.3) is 0 Å². The minimum absolute atomic E-state index is 0.0735. The summed E-state index contributed by atoms with van der Waals surface area (Å²) in [7, 11) is 0. The second-order valence-electron chi connectivity index (χ2n) is 11.0. The third kappa shape index (κ3) is 3.16. The molecule has 0 aromatic carbocycles. The first-order chi connectivity index (χ1) is 14.3. The fourth-order valence-electron chi connectivity index (χ4n) is 8.31. The highest BCUT2D eigenvalue weighted by molar-refractivity contribution is 5.82. The summed E-state index contributed by atoms with van der Waals surface area (Å²) in [4.78, 5) is 17.2. The van der Waals surface area contributed by atoms with Crippen molar-refractivity contribution in [3.05, 3.63) is 18.7 Å². The van der Waals surface area contributed by atoms with Crippen LogP contribution in [0.5, 0.6) is 0 Å². The molecular formula is C24H34F2N2O2. The fourth-order valence-corrected chi connectivity index (χ4v) is 8.31. The Balaban J connectivity index is 1.30. The van der Waals surface area contributed by atoms with Gasteiger partial charge < -0.3 is 9.67 Å². The summed E-state index contributed by atoms with van der Waals surface area (Å²) in [5, 5.41) is 10.4. The second kappa shape index (κ2) is 7.39. The predicted molar refractivity (Wildman–Crippen MR) is 109 cm³/mol. The topological polar surface area (TPSA) is 55.1 Å². The molecule has 1 aromatic rings. The molecule has 0 bridgehead atoms. The summed E-state index contributed by atoms with van der Waals surface area (Å²) in [6.07, 6.45) is 10.2. The highest BCUT2D eigenvalue weighted by Gasteiger charge is 2.59. The Morgan fingerprint density at radius 3 is 2.67 bits per heavy atom. The summed E-state index contributed by atoms with van der Waals surface area (Å²) in [5.74, 6) is 2.96. The number of hydrogen-bond donors (Lipinski definition) is 1. The van der Waals surface area contributed by atoms with Crippen molar-refractivity contribution in [1.29, 1.82) is 0 Å². The van der Waals surface area contributed by atoms with Gasteiger partial charge in [-0.2, -0.15) is 0 Å². The van der Waals surface area contributed by atoms with Gasteiger partial charge in [-0.1, -0.05) is 6.92 Å². The van der Waals surface area contributed by atoms with E-state index in [0.29, 0.717) is 36.0 Å². The van der Waals surface area contributed by atoms with E-state index in [1.807, 2.05) is 10.8 Å². The van der Waals surface area contributed by atoms with Crippen molar-refractivity contribution in [3.8, 4) is 0 Å². The average molecular weight is 421 g/mol. The van der Waals surface area contributed by atoms with Gasteiger partial charge in [-0.15, -0.1) is 0 Å². The van der Waals surface area contributed by atoms with E-state index in [1.165, 1.54) is 0 Å². The summed E-state index contributed by atoms with van der Waals surface area (Å²) in [6.45, 7) is 2.76. The second-order valence-corrected chi connectivity index (χ2v) is 11.0. The van der Waals surface area contributed by atoms with Crippen LogP contribution in [-0.4, -0.2) is 32.5 Å². The molecule has 166 valence electrons.